The monoisotopic (exact) mass is 372 g/mol. The Hall–Kier alpha value is -2.51. The van der Waals surface area contributed by atoms with Crippen LogP contribution in [0.5, 0.6) is 0 Å². The molecule has 1 aromatic carbocycles. The summed E-state index contributed by atoms with van der Waals surface area (Å²) in [6.45, 7) is -0.0877. The Labute approximate surface area is 151 Å². The zero-order chi connectivity index (χ0) is 17.4. The van der Waals surface area contributed by atoms with Gasteiger partial charge in [-0.15, -0.1) is 22.7 Å². The zero-order valence-corrected chi connectivity index (χ0v) is 14.6. The Kier molecular flexibility index (Phi) is 4.10. The Morgan fingerprint density at radius 2 is 1.96 bits per heavy atom. The molecule has 2 amide bonds. The average molecular weight is 372 g/mol. The molecule has 0 saturated carbocycles. The van der Waals surface area contributed by atoms with Crippen molar-refractivity contribution in [1.82, 2.24) is 4.90 Å². The Balaban J connectivity index is 1.89. The van der Waals surface area contributed by atoms with E-state index in [1.54, 1.807) is 18.2 Å². The highest BCUT2D eigenvalue weighted by Crippen LogP contribution is 2.39. The Bertz CT molecular complexity index is 923. The van der Waals surface area contributed by atoms with E-state index in [2.05, 4.69) is 5.32 Å². The molecular weight excluding hydrogens is 359 g/mol. The molecule has 126 valence electrons. The molecule has 1 atom stereocenters. The highest BCUT2D eigenvalue weighted by molar-refractivity contribution is 7.12. The van der Waals surface area contributed by atoms with Crippen molar-refractivity contribution in [3.8, 4) is 0 Å². The van der Waals surface area contributed by atoms with Crippen LogP contribution in [-0.4, -0.2) is 23.3 Å². The molecule has 7 heteroatoms. The van der Waals surface area contributed by atoms with Crippen LogP contribution in [0.4, 0.5) is 10.1 Å². The molecular formula is C18H13FN2O2S2. The topological polar surface area (TPSA) is 49.4 Å². The lowest BCUT2D eigenvalue weighted by Gasteiger charge is -2.29. The maximum atomic E-state index is 13.9. The third-order valence-electron chi connectivity index (χ3n) is 4.01. The number of nitrogens with zero attached hydrogens (tertiary/aromatic N) is 1. The number of rotatable bonds is 2. The first-order valence-electron chi connectivity index (χ1n) is 7.60. The van der Waals surface area contributed by atoms with Crippen LogP contribution in [0.25, 0.3) is 0 Å². The molecule has 0 saturated heterocycles. The summed E-state index contributed by atoms with van der Waals surface area (Å²) in [5, 5.41) is 6.50. The number of fused-ring (bicyclic) bond motifs is 1. The van der Waals surface area contributed by atoms with Crippen molar-refractivity contribution in [3.05, 3.63) is 74.4 Å². The molecule has 1 unspecified atom stereocenters. The van der Waals surface area contributed by atoms with Crippen molar-refractivity contribution in [2.45, 2.75) is 6.04 Å². The van der Waals surface area contributed by atoms with Crippen LogP contribution in [0, 0.1) is 5.82 Å². The van der Waals surface area contributed by atoms with Gasteiger partial charge >= 0.3 is 0 Å². The summed E-state index contributed by atoms with van der Waals surface area (Å²) < 4.78 is 13.9. The summed E-state index contributed by atoms with van der Waals surface area (Å²) >= 11 is 2.80. The van der Waals surface area contributed by atoms with Gasteiger partial charge < -0.3 is 10.2 Å². The highest BCUT2D eigenvalue weighted by atomic mass is 32.1. The Morgan fingerprint density at radius 3 is 2.68 bits per heavy atom. The lowest BCUT2D eigenvalue weighted by Crippen LogP contribution is -2.38. The predicted octanol–water partition coefficient (Wildman–Crippen LogP) is 4.13. The molecule has 1 aliphatic heterocycles. The van der Waals surface area contributed by atoms with Crippen LogP contribution in [0.2, 0.25) is 0 Å². The summed E-state index contributed by atoms with van der Waals surface area (Å²) in [6, 6.07) is 11.0. The number of halogens is 1. The van der Waals surface area contributed by atoms with Crippen molar-refractivity contribution in [3.63, 3.8) is 0 Å². The summed E-state index contributed by atoms with van der Waals surface area (Å²) in [6.07, 6.45) is 0. The van der Waals surface area contributed by atoms with Crippen molar-refractivity contribution in [2.24, 2.45) is 0 Å². The molecule has 3 heterocycles. The molecule has 4 nitrogen and oxygen atoms in total. The number of carbonyl (C=O) groups is 2. The van der Waals surface area contributed by atoms with Gasteiger partial charge in [0.2, 0.25) is 5.91 Å². The molecule has 1 N–H and O–H groups in total. The van der Waals surface area contributed by atoms with Gasteiger partial charge in [0, 0.05) is 16.1 Å². The number of benzene rings is 1. The molecule has 1 aliphatic rings. The smallest absolute Gasteiger partial charge is 0.265 e. The molecule has 4 rings (SSSR count). The lowest BCUT2D eigenvalue weighted by molar-refractivity contribution is -0.117. The van der Waals surface area contributed by atoms with Gasteiger partial charge in [0.05, 0.1) is 10.9 Å². The number of carbonyl (C=O) groups excluding carboxylic acids is 2. The van der Waals surface area contributed by atoms with E-state index in [0.29, 0.717) is 16.1 Å². The second kappa shape index (κ2) is 6.42. The first-order chi connectivity index (χ1) is 12.1. The number of thiophene rings is 2. The van der Waals surface area contributed by atoms with E-state index in [-0.39, 0.29) is 18.4 Å². The van der Waals surface area contributed by atoms with Crippen LogP contribution in [0.1, 0.15) is 26.2 Å². The van der Waals surface area contributed by atoms with Crippen LogP contribution in [-0.2, 0) is 4.79 Å². The number of anilines is 1. The minimum Gasteiger partial charge on any atom is -0.324 e. The standard InChI is InChI=1S/C18H13FN2O2S2/c19-11-5-6-13-12(9-11)17(14-3-1-7-24-14)21(10-16(22)20-13)18(23)15-4-2-8-25-15/h1-9,17H,10H2,(H,20,22). The van der Waals surface area contributed by atoms with Gasteiger partial charge in [0.1, 0.15) is 12.4 Å². The highest BCUT2D eigenvalue weighted by Gasteiger charge is 2.35. The number of nitrogens with one attached hydrogen (secondary N) is 1. The zero-order valence-electron chi connectivity index (χ0n) is 12.9. The fraction of sp³-hybridized carbons (Fsp3) is 0.111. The van der Waals surface area contributed by atoms with Gasteiger partial charge in [-0.2, -0.15) is 0 Å². The quantitative estimate of drug-likeness (QED) is 0.735. The fourth-order valence-electron chi connectivity index (χ4n) is 2.96. The van der Waals surface area contributed by atoms with Gasteiger partial charge in [-0.25, -0.2) is 4.39 Å². The minimum atomic E-state index is -0.515. The molecule has 3 aromatic rings. The third kappa shape index (κ3) is 2.96. The number of hydrogen-bond acceptors (Lipinski definition) is 4. The van der Waals surface area contributed by atoms with E-state index in [9.17, 15) is 14.0 Å². The molecule has 0 aliphatic carbocycles. The van der Waals surface area contributed by atoms with Crippen LogP contribution in [0.3, 0.4) is 0 Å². The van der Waals surface area contributed by atoms with E-state index in [0.717, 1.165) is 4.88 Å². The third-order valence-corrected chi connectivity index (χ3v) is 5.80. The minimum absolute atomic E-state index is 0.0877. The van der Waals surface area contributed by atoms with E-state index in [1.807, 2.05) is 22.9 Å². The first-order valence-corrected chi connectivity index (χ1v) is 9.36. The van der Waals surface area contributed by atoms with Crippen LogP contribution in [0.15, 0.2) is 53.2 Å². The van der Waals surface area contributed by atoms with Gasteiger partial charge in [-0.1, -0.05) is 12.1 Å². The SMILES string of the molecule is O=C1CN(C(=O)c2cccs2)C(c2cccs2)c2cc(F)ccc2N1. The van der Waals surface area contributed by atoms with Crippen molar-refractivity contribution >= 4 is 40.2 Å². The summed E-state index contributed by atoms with van der Waals surface area (Å²) in [7, 11) is 0. The molecule has 2 aromatic heterocycles. The van der Waals surface area contributed by atoms with Crippen molar-refractivity contribution < 1.29 is 14.0 Å². The van der Waals surface area contributed by atoms with Crippen molar-refractivity contribution in [1.29, 1.82) is 0 Å². The van der Waals surface area contributed by atoms with Crippen LogP contribution < -0.4 is 5.32 Å². The largest absolute Gasteiger partial charge is 0.324 e. The summed E-state index contributed by atoms with van der Waals surface area (Å²) in [5.41, 5.74) is 1.12. The second-order valence-corrected chi connectivity index (χ2v) is 7.54. The van der Waals surface area contributed by atoms with Gasteiger partial charge in [-0.3, -0.25) is 9.59 Å². The molecule has 25 heavy (non-hydrogen) atoms. The normalized spacial score (nSPS) is 16.9. The fourth-order valence-corrected chi connectivity index (χ4v) is 4.50. The van der Waals surface area contributed by atoms with Gasteiger partial charge in [0.15, 0.2) is 0 Å². The molecule has 0 spiro atoms. The lowest BCUT2D eigenvalue weighted by atomic mass is 10.0. The second-order valence-electron chi connectivity index (χ2n) is 5.61. The summed E-state index contributed by atoms with van der Waals surface area (Å²) in [5.74, 6) is -0.933. The first kappa shape index (κ1) is 16.0. The van der Waals surface area contributed by atoms with E-state index in [4.69, 9.17) is 0 Å². The molecule has 0 radical (unpaired) electrons. The maximum Gasteiger partial charge on any atom is 0.265 e. The van der Waals surface area contributed by atoms with Gasteiger partial charge in [-0.05, 0) is 41.1 Å². The van der Waals surface area contributed by atoms with E-state index in [1.165, 1.54) is 39.7 Å². The Morgan fingerprint density at radius 1 is 1.16 bits per heavy atom. The summed E-state index contributed by atoms with van der Waals surface area (Å²) in [4.78, 5) is 28.3. The number of amides is 2. The van der Waals surface area contributed by atoms with Crippen molar-refractivity contribution in [2.75, 3.05) is 11.9 Å². The molecule has 0 fully saturated rings. The predicted molar refractivity (Wildman–Crippen MR) is 96.5 cm³/mol. The molecule has 0 bridgehead atoms. The number of hydrogen-bond donors (Lipinski definition) is 1. The van der Waals surface area contributed by atoms with Gasteiger partial charge in [0.25, 0.3) is 5.91 Å². The van der Waals surface area contributed by atoms with E-state index < -0.39 is 11.9 Å². The average Bonchev–Trinajstić information content (AvgIpc) is 3.27. The van der Waals surface area contributed by atoms with E-state index >= 15 is 0 Å². The van der Waals surface area contributed by atoms with Crippen LogP contribution >= 0.6 is 22.7 Å². The maximum absolute atomic E-state index is 13.9.